The van der Waals surface area contributed by atoms with Crippen molar-refractivity contribution in [1.82, 2.24) is 5.32 Å². The molecular weight excluding hydrogens is 100 g/mol. The molecule has 1 N–H and O–H groups in total. The van der Waals surface area contributed by atoms with Gasteiger partial charge in [0.2, 0.25) is 0 Å². The maximum absolute atomic E-state index is 3.29. The summed E-state index contributed by atoms with van der Waals surface area (Å²) in [5.41, 5.74) is 1.44. The number of nitrogens with zero attached hydrogens (tertiary/aromatic N) is 1. The molecule has 0 radical (unpaired) electrons. The molecule has 0 amide bonds. The molecule has 0 unspecified atom stereocenters. The fourth-order valence-electron chi connectivity index (χ4n) is 0.842. The molecule has 0 spiro atoms. The Morgan fingerprint density at radius 3 is 2.75 bits per heavy atom. The minimum Gasteiger partial charge on any atom is -0.302 e. The van der Waals surface area contributed by atoms with E-state index < -0.39 is 0 Å². The molecular formula is C6H13N2+. The lowest BCUT2D eigenvalue weighted by atomic mass is 10.3. The summed E-state index contributed by atoms with van der Waals surface area (Å²) in [6, 6.07) is 0. The van der Waals surface area contributed by atoms with Gasteiger partial charge in [-0.3, -0.25) is 0 Å². The van der Waals surface area contributed by atoms with Crippen LogP contribution in [0, 0.1) is 0 Å². The third-order valence-electron chi connectivity index (χ3n) is 1.66. The molecule has 2 heteroatoms. The van der Waals surface area contributed by atoms with Gasteiger partial charge in [0.15, 0.2) is 12.3 Å². The van der Waals surface area contributed by atoms with E-state index in [0.717, 1.165) is 19.6 Å². The lowest BCUT2D eigenvalue weighted by Crippen LogP contribution is -2.38. The maximum atomic E-state index is 3.29. The number of nitrogens with one attached hydrogen (secondary N) is 1. The SMILES string of the molecule is CC1=[N+](C)CCNC1. The standard InChI is InChI=1S/C6H13N2/c1-6-5-7-3-4-8(6)2/h7H,3-5H2,1-2H3/q+1. The van der Waals surface area contributed by atoms with Crippen molar-refractivity contribution < 1.29 is 4.58 Å². The predicted molar refractivity (Wildman–Crippen MR) is 34.6 cm³/mol. The zero-order chi connectivity index (χ0) is 5.98. The van der Waals surface area contributed by atoms with Crippen molar-refractivity contribution in [3.05, 3.63) is 0 Å². The van der Waals surface area contributed by atoms with E-state index >= 15 is 0 Å². The average molecular weight is 113 g/mol. The summed E-state index contributed by atoms with van der Waals surface area (Å²) in [4.78, 5) is 0. The van der Waals surface area contributed by atoms with Crippen molar-refractivity contribution in [2.75, 3.05) is 26.7 Å². The molecule has 0 aromatic heterocycles. The first kappa shape index (κ1) is 5.76. The zero-order valence-corrected chi connectivity index (χ0v) is 5.57. The van der Waals surface area contributed by atoms with Crippen LogP contribution in [0.2, 0.25) is 0 Å². The van der Waals surface area contributed by atoms with Gasteiger partial charge in [-0.25, -0.2) is 4.58 Å². The largest absolute Gasteiger partial charge is 0.302 e. The quantitative estimate of drug-likeness (QED) is 0.426. The predicted octanol–water partition coefficient (Wildman–Crippen LogP) is -0.307. The van der Waals surface area contributed by atoms with Crippen LogP contribution in [0.3, 0.4) is 0 Å². The van der Waals surface area contributed by atoms with Crippen LogP contribution in [-0.2, 0) is 0 Å². The second-order valence-corrected chi connectivity index (χ2v) is 2.33. The van der Waals surface area contributed by atoms with Gasteiger partial charge in [-0.15, -0.1) is 0 Å². The Morgan fingerprint density at radius 1 is 1.62 bits per heavy atom. The maximum Gasteiger partial charge on any atom is 0.162 e. The van der Waals surface area contributed by atoms with Gasteiger partial charge in [-0.05, 0) is 0 Å². The first-order valence-corrected chi connectivity index (χ1v) is 3.05. The van der Waals surface area contributed by atoms with Gasteiger partial charge in [-0.1, -0.05) is 0 Å². The summed E-state index contributed by atoms with van der Waals surface area (Å²) in [6.45, 7) is 5.52. The van der Waals surface area contributed by atoms with E-state index in [0.29, 0.717) is 0 Å². The van der Waals surface area contributed by atoms with E-state index in [-0.39, 0.29) is 0 Å². The van der Waals surface area contributed by atoms with E-state index in [1.807, 2.05) is 0 Å². The van der Waals surface area contributed by atoms with Crippen LogP contribution in [0.5, 0.6) is 0 Å². The molecule has 1 heterocycles. The Kier molecular flexibility index (Phi) is 1.63. The molecule has 0 aliphatic carbocycles. The van der Waals surface area contributed by atoms with E-state index in [2.05, 4.69) is 23.9 Å². The summed E-state index contributed by atoms with van der Waals surface area (Å²) in [5.74, 6) is 0. The van der Waals surface area contributed by atoms with Gasteiger partial charge in [0, 0.05) is 6.92 Å². The molecule has 0 saturated heterocycles. The first-order chi connectivity index (χ1) is 3.80. The number of rotatable bonds is 0. The molecule has 8 heavy (non-hydrogen) atoms. The summed E-state index contributed by atoms with van der Waals surface area (Å²) in [5, 5.41) is 3.29. The van der Waals surface area contributed by atoms with Crippen LogP contribution in [0.4, 0.5) is 0 Å². The molecule has 0 bridgehead atoms. The third kappa shape index (κ3) is 1.07. The molecule has 1 rings (SSSR count). The first-order valence-electron chi connectivity index (χ1n) is 3.05. The highest BCUT2D eigenvalue weighted by Crippen LogP contribution is 1.80. The molecule has 0 atom stereocenters. The van der Waals surface area contributed by atoms with Crippen LogP contribution in [-0.4, -0.2) is 37.0 Å². The Bertz CT molecular complexity index is 102. The lowest BCUT2D eigenvalue weighted by Gasteiger charge is -2.09. The lowest BCUT2D eigenvalue weighted by molar-refractivity contribution is -0.500. The van der Waals surface area contributed by atoms with Crippen LogP contribution >= 0.6 is 0 Å². The Labute approximate surface area is 50.2 Å². The summed E-state index contributed by atoms with van der Waals surface area (Å²) in [7, 11) is 2.14. The van der Waals surface area contributed by atoms with Gasteiger partial charge in [0.25, 0.3) is 0 Å². The number of hydrogen-bond donors (Lipinski definition) is 1. The molecule has 0 aromatic rings. The molecule has 2 nitrogen and oxygen atoms in total. The summed E-state index contributed by atoms with van der Waals surface area (Å²) in [6.07, 6.45) is 0. The van der Waals surface area contributed by atoms with Crippen LogP contribution in [0.1, 0.15) is 6.92 Å². The normalized spacial score (nSPS) is 21.8. The van der Waals surface area contributed by atoms with Crippen molar-refractivity contribution in [1.29, 1.82) is 0 Å². The molecule has 0 saturated carbocycles. The van der Waals surface area contributed by atoms with Crippen LogP contribution < -0.4 is 5.32 Å². The van der Waals surface area contributed by atoms with E-state index in [9.17, 15) is 0 Å². The monoisotopic (exact) mass is 113 g/mol. The van der Waals surface area contributed by atoms with Crippen molar-refractivity contribution in [3.8, 4) is 0 Å². The van der Waals surface area contributed by atoms with Gasteiger partial charge in [0.1, 0.15) is 7.05 Å². The second-order valence-electron chi connectivity index (χ2n) is 2.33. The molecule has 1 aliphatic rings. The van der Waals surface area contributed by atoms with Crippen LogP contribution in [0.25, 0.3) is 0 Å². The van der Waals surface area contributed by atoms with Gasteiger partial charge in [0.05, 0.1) is 13.1 Å². The van der Waals surface area contributed by atoms with E-state index in [4.69, 9.17) is 0 Å². The van der Waals surface area contributed by atoms with Gasteiger partial charge >= 0.3 is 0 Å². The highest BCUT2D eigenvalue weighted by Gasteiger charge is 2.08. The smallest absolute Gasteiger partial charge is 0.162 e. The molecule has 0 aromatic carbocycles. The Morgan fingerprint density at radius 2 is 2.38 bits per heavy atom. The molecule has 1 aliphatic heterocycles. The number of likely N-dealkylation sites (N-methyl/N-ethyl adjacent to an activating group) is 1. The topological polar surface area (TPSA) is 15.0 Å². The Balaban J connectivity index is 2.60. The van der Waals surface area contributed by atoms with Crippen molar-refractivity contribution in [2.45, 2.75) is 6.92 Å². The molecule has 0 fully saturated rings. The molecule has 46 valence electrons. The van der Waals surface area contributed by atoms with E-state index in [1.54, 1.807) is 0 Å². The van der Waals surface area contributed by atoms with Crippen molar-refractivity contribution in [2.24, 2.45) is 0 Å². The zero-order valence-electron chi connectivity index (χ0n) is 5.57. The minimum atomic E-state index is 1.07. The van der Waals surface area contributed by atoms with Crippen molar-refractivity contribution >= 4 is 5.71 Å². The third-order valence-corrected chi connectivity index (χ3v) is 1.66. The fourth-order valence-corrected chi connectivity index (χ4v) is 0.842. The van der Waals surface area contributed by atoms with Gasteiger partial charge in [-0.2, -0.15) is 0 Å². The van der Waals surface area contributed by atoms with Crippen LogP contribution in [0.15, 0.2) is 0 Å². The number of hydrogen-bond acceptors (Lipinski definition) is 1. The summed E-state index contributed by atoms with van der Waals surface area (Å²) >= 11 is 0. The highest BCUT2D eigenvalue weighted by atomic mass is 15.1. The minimum absolute atomic E-state index is 1.07. The fraction of sp³-hybridized carbons (Fsp3) is 0.833. The van der Waals surface area contributed by atoms with Gasteiger partial charge < -0.3 is 5.32 Å². The highest BCUT2D eigenvalue weighted by molar-refractivity contribution is 5.79. The van der Waals surface area contributed by atoms with Crippen molar-refractivity contribution in [3.63, 3.8) is 0 Å². The summed E-state index contributed by atoms with van der Waals surface area (Å²) < 4.78 is 2.29. The average Bonchev–Trinajstić information content (AvgIpc) is 1.77. The second kappa shape index (κ2) is 2.27. The van der Waals surface area contributed by atoms with E-state index in [1.165, 1.54) is 5.71 Å². The Hall–Kier alpha value is -0.370.